The Balaban J connectivity index is 2.58. The van der Waals surface area contributed by atoms with Crippen LogP contribution in [0.25, 0.3) is 0 Å². The summed E-state index contributed by atoms with van der Waals surface area (Å²) in [5.74, 6) is 0.524. The zero-order valence-electron chi connectivity index (χ0n) is 13.2. The molecule has 1 aliphatic carbocycles. The lowest BCUT2D eigenvalue weighted by molar-refractivity contribution is 0.184. The molecule has 0 aromatic carbocycles. The maximum absolute atomic E-state index is 9.57. The lowest BCUT2D eigenvalue weighted by Gasteiger charge is -2.33. The van der Waals surface area contributed by atoms with Crippen molar-refractivity contribution in [3.05, 3.63) is 0 Å². The molecular formula is C16H31N3. The minimum atomic E-state index is -0.246. The van der Waals surface area contributed by atoms with Gasteiger partial charge in [0.25, 0.3) is 0 Å². The summed E-state index contributed by atoms with van der Waals surface area (Å²) in [7, 11) is 0. The Labute approximate surface area is 119 Å². The summed E-state index contributed by atoms with van der Waals surface area (Å²) in [6.07, 6.45) is 5.78. The summed E-state index contributed by atoms with van der Waals surface area (Å²) in [6, 6.07) is 3.24. The van der Waals surface area contributed by atoms with Crippen molar-refractivity contribution in [2.45, 2.75) is 71.4 Å². The third-order valence-corrected chi connectivity index (χ3v) is 4.90. The normalized spacial score (nSPS) is 28.5. The number of hydrogen-bond donors (Lipinski definition) is 1. The first kappa shape index (κ1) is 16.5. The van der Waals surface area contributed by atoms with Gasteiger partial charge in [-0.25, -0.2) is 0 Å². The Bertz CT molecular complexity index is 297. The van der Waals surface area contributed by atoms with Crippen molar-refractivity contribution in [3.63, 3.8) is 0 Å². The highest BCUT2D eigenvalue weighted by Gasteiger charge is 2.42. The van der Waals surface area contributed by atoms with Crippen molar-refractivity contribution in [1.29, 1.82) is 5.26 Å². The van der Waals surface area contributed by atoms with Gasteiger partial charge in [0.1, 0.15) is 5.54 Å². The van der Waals surface area contributed by atoms with E-state index < -0.39 is 0 Å². The van der Waals surface area contributed by atoms with E-state index in [1.165, 1.54) is 19.3 Å². The van der Waals surface area contributed by atoms with Crippen LogP contribution in [0.5, 0.6) is 0 Å². The molecule has 0 aromatic heterocycles. The molecule has 1 aliphatic rings. The van der Waals surface area contributed by atoms with Crippen molar-refractivity contribution < 1.29 is 0 Å². The van der Waals surface area contributed by atoms with Gasteiger partial charge in [-0.05, 0) is 58.2 Å². The van der Waals surface area contributed by atoms with E-state index in [1.807, 2.05) is 0 Å². The number of nitrogens with one attached hydrogen (secondary N) is 1. The second-order valence-corrected chi connectivity index (χ2v) is 5.88. The lowest BCUT2D eigenvalue weighted by Crippen LogP contribution is -2.48. The fraction of sp³-hybridized carbons (Fsp3) is 0.938. The molecule has 0 spiro atoms. The van der Waals surface area contributed by atoms with Crippen molar-refractivity contribution >= 4 is 0 Å². The molecule has 3 atom stereocenters. The van der Waals surface area contributed by atoms with Crippen LogP contribution in [0.1, 0.15) is 59.8 Å². The third-order valence-electron chi connectivity index (χ3n) is 4.90. The molecule has 0 heterocycles. The Morgan fingerprint density at radius 3 is 2.68 bits per heavy atom. The van der Waals surface area contributed by atoms with Crippen LogP contribution in [0.3, 0.4) is 0 Å². The smallest absolute Gasteiger partial charge is 0.109 e. The lowest BCUT2D eigenvalue weighted by atomic mass is 9.85. The third kappa shape index (κ3) is 3.94. The van der Waals surface area contributed by atoms with Crippen LogP contribution < -0.4 is 5.32 Å². The van der Waals surface area contributed by atoms with Gasteiger partial charge in [0.2, 0.25) is 0 Å². The molecule has 1 fully saturated rings. The Kier molecular flexibility index (Phi) is 6.82. The predicted octanol–water partition coefficient (Wildman–Crippen LogP) is 3.17. The molecule has 3 nitrogen and oxygen atoms in total. The Hall–Kier alpha value is -0.590. The molecule has 0 aliphatic heterocycles. The zero-order valence-corrected chi connectivity index (χ0v) is 13.2. The van der Waals surface area contributed by atoms with Gasteiger partial charge in [0, 0.05) is 6.04 Å². The molecule has 0 aromatic rings. The first-order chi connectivity index (χ1) is 9.13. The summed E-state index contributed by atoms with van der Waals surface area (Å²) in [5, 5.41) is 13.0. The average molecular weight is 265 g/mol. The maximum Gasteiger partial charge on any atom is 0.109 e. The van der Waals surface area contributed by atoms with E-state index in [4.69, 9.17) is 0 Å². The van der Waals surface area contributed by atoms with E-state index >= 15 is 0 Å². The van der Waals surface area contributed by atoms with Gasteiger partial charge in [-0.2, -0.15) is 5.26 Å². The van der Waals surface area contributed by atoms with Crippen LogP contribution >= 0.6 is 0 Å². The van der Waals surface area contributed by atoms with Crippen molar-refractivity contribution in [2.24, 2.45) is 5.92 Å². The molecular weight excluding hydrogens is 234 g/mol. The van der Waals surface area contributed by atoms with Crippen molar-refractivity contribution in [1.82, 2.24) is 10.2 Å². The first-order valence-corrected chi connectivity index (χ1v) is 8.03. The summed E-state index contributed by atoms with van der Waals surface area (Å²) in [4.78, 5) is 2.55. The second kappa shape index (κ2) is 7.87. The molecule has 110 valence electrons. The minimum absolute atomic E-state index is 0.246. The van der Waals surface area contributed by atoms with Crippen molar-refractivity contribution in [3.8, 4) is 6.07 Å². The van der Waals surface area contributed by atoms with Crippen LogP contribution in [-0.4, -0.2) is 36.1 Å². The minimum Gasteiger partial charge on any atom is -0.301 e. The van der Waals surface area contributed by atoms with E-state index in [0.717, 1.165) is 32.5 Å². The van der Waals surface area contributed by atoms with Gasteiger partial charge >= 0.3 is 0 Å². The van der Waals surface area contributed by atoms with Crippen LogP contribution in [-0.2, 0) is 0 Å². The standard InChI is InChI=1S/C16H31N3/c1-5-14(4)19(7-3)12-10-15-9-8-11-16(15,13-17)18-6-2/h14-15,18H,5-12H2,1-4H3. The predicted molar refractivity (Wildman–Crippen MR) is 81.0 cm³/mol. The van der Waals surface area contributed by atoms with Crippen LogP contribution in [0.2, 0.25) is 0 Å². The van der Waals surface area contributed by atoms with E-state index in [0.29, 0.717) is 12.0 Å². The molecule has 1 N–H and O–H groups in total. The van der Waals surface area contributed by atoms with E-state index in [9.17, 15) is 5.26 Å². The number of rotatable bonds is 8. The summed E-state index contributed by atoms with van der Waals surface area (Å²) < 4.78 is 0. The van der Waals surface area contributed by atoms with E-state index in [-0.39, 0.29) is 5.54 Å². The monoisotopic (exact) mass is 265 g/mol. The number of nitrogens with zero attached hydrogens (tertiary/aromatic N) is 2. The molecule has 3 heteroatoms. The molecule has 3 unspecified atom stereocenters. The van der Waals surface area contributed by atoms with Crippen molar-refractivity contribution in [2.75, 3.05) is 19.6 Å². The molecule has 0 amide bonds. The average Bonchev–Trinajstić information content (AvgIpc) is 2.83. The summed E-state index contributed by atoms with van der Waals surface area (Å²) >= 11 is 0. The van der Waals surface area contributed by atoms with Gasteiger partial charge in [-0.15, -0.1) is 0 Å². The quantitative estimate of drug-likeness (QED) is 0.732. The summed E-state index contributed by atoms with van der Waals surface area (Å²) in [6.45, 7) is 12.0. The number of nitriles is 1. The fourth-order valence-electron chi connectivity index (χ4n) is 3.47. The van der Waals surface area contributed by atoms with E-state index in [1.54, 1.807) is 0 Å². The van der Waals surface area contributed by atoms with Crippen LogP contribution in [0.15, 0.2) is 0 Å². The SMILES string of the molecule is CCNC1(C#N)CCCC1CCN(CC)C(C)CC. The van der Waals surface area contributed by atoms with Gasteiger partial charge < -0.3 is 4.90 Å². The summed E-state index contributed by atoms with van der Waals surface area (Å²) in [5.41, 5.74) is -0.246. The van der Waals surface area contributed by atoms with Crippen LogP contribution in [0, 0.1) is 17.2 Å². The Morgan fingerprint density at radius 2 is 2.16 bits per heavy atom. The highest BCUT2D eigenvalue weighted by molar-refractivity contribution is 5.14. The highest BCUT2D eigenvalue weighted by atomic mass is 15.1. The number of hydrogen-bond acceptors (Lipinski definition) is 3. The Morgan fingerprint density at radius 1 is 1.42 bits per heavy atom. The molecule has 1 saturated carbocycles. The van der Waals surface area contributed by atoms with E-state index in [2.05, 4.69) is 44.0 Å². The maximum atomic E-state index is 9.57. The molecule has 0 bridgehead atoms. The fourth-order valence-corrected chi connectivity index (χ4v) is 3.47. The van der Waals surface area contributed by atoms with Gasteiger partial charge in [-0.1, -0.05) is 27.2 Å². The van der Waals surface area contributed by atoms with Crippen LogP contribution in [0.4, 0.5) is 0 Å². The highest BCUT2D eigenvalue weighted by Crippen LogP contribution is 2.37. The molecule has 19 heavy (non-hydrogen) atoms. The zero-order chi connectivity index (χ0) is 14.3. The largest absolute Gasteiger partial charge is 0.301 e. The molecule has 0 saturated heterocycles. The second-order valence-electron chi connectivity index (χ2n) is 5.88. The molecule has 0 radical (unpaired) electrons. The van der Waals surface area contributed by atoms with Gasteiger partial charge in [0.15, 0.2) is 0 Å². The molecule has 1 rings (SSSR count). The topological polar surface area (TPSA) is 39.1 Å². The van der Waals surface area contributed by atoms with Gasteiger partial charge in [-0.3, -0.25) is 5.32 Å². The van der Waals surface area contributed by atoms with Gasteiger partial charge in [0.05, 0.1) is 6.07 Å². The first-order valence-electron chi connectivity index (χ1n) is 8.03.